The molecule has 1 heterocycles. The zero-order valence-electron chi connectivity index (χ0n) is 11.8. The summed E-state index contributed by atoms with van der Waals surface area (Å²) in [5, 5.41) is 0. The van der Waals surface area contributed by atoms with Crippen LogP contribution in [-0.4, -0.2) is 35.2 Å². The number of benzene rings is 1. The molecule has 1 aromatic carbocycles. The van der Waals surface area contributed by atoms with Crippen LogP contribution in [0.1, 0.15) is 36.8 Å². The van der Waals surface area contributed by atoms with Crippen LogP contribution in [0.4, 0.5) is 0 Å². The summed E-state index contributed by atoms with van der Waals surface area (Å²) in [5.41, 5.74) is 7.92. The fourth-order valence-corrected chi connectivity index (χ4v) is 3.52. The predicted octanol–water partition coefficient (Wildman–Crippen LogP) is 2.46. The number of hydrogen-bond acceptors (Lipinski definition) is 3. The molecule has 2 aliphatic rings. The molecule has 0 radical (unpaired) electrons. The Bertz CT molecular complexity index is 472. The Kier molecular flexibility index (Phi) is 4.34. The normalized spacial score (nSPS) is 27.0. The number of nitrogens with two attached hydrogens (primary N) is 1. The lowest BCUT2D eigenvalue weighted by atomic mass is 9.90. The highest BCUT2D eigenvalue weighted by molar-refractivity contribution is 7.80. The summed E-state index contributed by atoms with van der Waals surface area (Å²) in [7, 11) is 0. The molecule has 2 unspecified atom stereocenters. The van der Waals surface area contributed by atoms with Gasteiger partial charge in [0, 0.05) is 24.7 Å². The van der Waals surface area contributed by atoms with Gasteiger partial charge in [-0.05, 0) is 18.4 Å². The van der Waals surface area contributed by atoms with Gasteiger partial charge in [0.05, 0.1) is 12.7 Å². The van der Waals surface area contributed by atoms with Crippen molar-refractivity contribution < 1.29 is 4.74 Å². The summed E-state index contributed by atoms with van der Waals surface area (Å²) in [5.74, 6) is 0. The molecule has 3 rings (SSSR count). The van der Waals surface area contributed by atoms with E-state index < -0.39 is 0 Å². The first-order valence-corrected chi connectivity index (χ1v) is 7.89. The summed E-state index contributed by atoms with van der Waals surface area (Å²) in [6.07, 6.45) is 5.60. The summed E-state index contributed by atoms with van der Waals surface area (Å²) in [6.45, 7) is 2.91. The largest absolute Gasteiger partial charge is 0.389 e. The van der Waals surface area contributed by atoms with Gasteiger partial charge in [0.25, 0.3) is 0 Å². The number of fused-ring (bicyclic) bond motifs is 1. The molecule has 0 spiro atoms. The minimum Gasteiger partial charge on any atom is -0.389 e. The summed E-state index contributed by atoms with van der Waals surface area (Å²) >= 11 is 4.99. The molecule has 0 bridgehead atoms. The van der Waals surface area contributed by atoms with E-state index in [1.54, 1.807) is 0 Å². The van der Waals surface area contributed by atoms with Gasteiger partial charge in [0.15, 0.2) is 0 Å². The van der Waals surface area contributed by atoms with Crippen molar-refractivity contribution >= 4 is 17.2 Å². The molecule has 1 saturated carbocycles. The minimum absolute atomic E-state index is 0.452. The molecule has 20 heavy (non-hydrogen) atoms. The highest BCUT2D eigenvalue weighted by Crippen LogP contribution is 2.29. The maximum Gasteiger partial charge on any atom is 0.103 e. The summed E-state index contributed by atoms with van der Waals surface area (Å²) in [6, 6.07) is 8.93. The van der Waals surface area contributed by atoms with E-state index in [1.165, 1.54) is 31.2 Å². The zero-order chi connectivity index (χ0) is 13.9. The minimum atomic E-state index is 0.452. The molecule has 108 valence electrons. The van der Waals surface area contributed by atoms with Crippen LogP contribution < -0.4 is 5.73 Å². The molecule has 4 heteroatoms. The van der Waals surface area contributed by atoms with E-state index >= 15 is 0 Å². The molecule has 1 aliphatic carbocycles. The molecule has 2 N–H and O–H groups in total. The molecular weight excluding hydrogens is 268 g/mol. The van der Waals surface area contributed by atoms with Crippen LogP contribution in [0.25, 0.3) is 0 Å². The monoisotopic (exact) mass is 290 g/mol. The highest BCUT2D eigenvalue weighted by Gasteiger charge is 2.33. The Morgan fingerprint density at radius 1 is 1.25 bits per heavy atom. The SMILES string of the molecule is NC(=S)c1ccc(CN2CCOC3CCCCC32)cc1. The quantitative estimate of drug-likeness (QED) is 0.868. The topological polar surface area (TPSA) is 38.5 Å². The number of ether oxygens (including phenoxy) is 1. The molecular formula is C16H22N2OS. The number of thiocarbonyl (C=S) groups is 1. The predicted molar refractivity (Wildman–Crippen MR) is 84.7 cm³/mol. The first-order valence-electron chi connectivity index (χ1n) is 7.48. The van der Waals surface area contributed by atoms with E-state index in [1.807, 2.05) is 12.1 Å². The summed E-state index contributed by atoms with van der Waals surface area (Å²) < 4.78 is 5.93. The maximum absolute atomic E-state index is 5.93. The smallest absolute Gasteiger partial charge is 0.103 e. The Balaban J connectivity index is 1.68. The first kappa shape index (κ1) is 14.0. The third-order valence-electron chi connectivity index (χ3n) is 4.47. The van der Waals surface area contributed by atoms with Crippen LogP contribution in [0.5, 0.6) is 0 Å². The average Bonchev–Trinajstić information content (AvgIpc) is 2.48. The standard InChI is InChI=1S/C16H22N2OS/c17-16(20)13-7-5-12(6-8-13)11-18-9-10-19-15-4-2-1-3-14(15)18/h5-8,14-15H,1-4,9-11H2,(H2,17,20). The Labute approximate surface area is 126 Å². The van der Waals surface area contributed by atoms with Crippen LogP contribution >= 0.6 is 12.2 Å². The fourth-order valence-electron chi connectivity index (χ4n) is 3.38. The lowest BCUT2D eigenvalue weighted by Crippen LogP contribution is -2.52. The van der Waals surface area contributed by atoms with E-state index in [0.29, 0.717) is 17.1 Å². The third kappa shape index (κ3) is 3.03. The molecule has 0 aromatic heterocycles. The fraction of sp³-hybridized carbons (Fsp3) is 0.562. The highest BCUT2D eigenvalue weighted by atomic mass is 32.1. The number of rotatable bonds is 3. The van der Waals surface area contributed by atoms with Gasteiger partial charge in [0.2, 0.25) is 0 Å². The lowest BCUT2D eigenvalue weighted by Gasteiger charge is -2.43. The number of hydrogen-bond donors (Lipinski definition) is 1. The van der Waals surface area contributed by atoms with Crippen LogP contribution in [0.2, 0.25) is 0 Å². The van der Waals surface area contributed by atoms with E-state index in [4.69, 9.17) is 22.7 Å². The van der Waals surface area contributed by atoms with Crippen LogP contribution in [0.3, 0.4) is 0 Å². The molecule has 1 aliphatic heterocycles. The molecule has 3 nitrogen and oxygen atoms in total. The second kappa shape index (κ2) is 6.20. The van der Waals surface area contributed by atoms with E-state index in [-0.39, 0.29) is 0 Å². The molecule has 2 fully saturated rings. The van der Waals surface area contributed by atoms with Gasteiger partial charge < -0.3 is 10.5 Å². The Morgan fingerprint density at radius 2 is 2.00 bits per heavy atom. The Morgan fingerprint density at radius 3 is 2.75 bits per heavy atom. The van der Waals surface area contributed by atoms with E-state index in [9.17, 15) is 0 Å². The van der Waals surface area contributed by atoms with Crippen LogP contribution in [-0.2, 0) is 11.3 Å². The molecule has 1 aromatic rings. The lowest BCUT2D eigenvalue weighted by molar-refractivity contribution is -0.0911. The molecule has 0 amide bonds. The van der Waals surface area contributed by atoms with Gasteiger partial charge in [-0.2, -0.15) is 0 Å². The van der Waals surface area contributed by atoms with Crippen molar-refractivity contribution in [3.8, 4) is 0 Å². The molecule has 2 atom stereocenters. The van der Waals surface area contributed by atoms with Crippen LogP contribution in [0.15, 0.2) is 24.3 Å². The van der Waals surface area contributed by atoms with Crippen molar-refractivity contribution in [3.63, 3.8) is 0 Å². The second-order valence-corrected chi connectivity index (χ2v) is 6.23. The van der Waals surface area contributed by atoms with Gasteiger partial charge in [-0.15, -0.1) is 0 Å². The van der Waals surface area contributed by atoms with Gasteiger partial charge in [-0.25, -0.2) is 0 Å². The van der Waals surface area contributed by atoms with Gasteiger partial charge in [-0.1, -0.05) is 49.3 Å². The van der Waals surface area contributed by atoms with Gasteiger partial charge >= 0.3 is 0 Å². The van der Waals surface area contributed by atoms with Crippen molar-refractivity contribution in [3.05, 3.63) is 35.4 Å². The summed E-state index contributed by atoms with van der Waals surface area (Å²) in [4.78, 5) is 3.05. The molecule has 1 saturated heterocycles. The van der Waals surface area contributed by atoms with Crippen LogP contribution in [0, 0.1) is 0 Å². The van der Waals surface area contributed by atoms with Crippen molar-refractivity contribution in [1.82, 2.24) is 4.90 Å². The number of nitrogens with zero attached hydrogens (tertiary/aromatic N) is 1. The first-order chi connectivity index (χ1) is 9.74. The van der Waals surface area contributed by atoms with Gasteiger partial charge in [0.1, 0.15) is 4.99 Å². The Hall–Kier alpha value is -0.970. The van der Waals surface area contributed by atoms with E-state index in [0.717, 1.165) is 25.3 Å². The van der Waals surface area contributed by atoms with Crippen molar-refractivity contribution in [2.24, 2.45) is 5.73 Å². The van der Waals surface area contributed by atoms with Crippen molar-refractivity contribution in [2.75, 3.05) is 13.2 Å². The maximum atomic E-state index is 5.93. The zero-order valence-corrected chi connectivity index (χ0v) is 12.6. The third-order valence-corrected chi connectivity index (χ3v) is 4.71. The average molecular weight is 290 g/mol. The van der Waals surface area contributed by atoms with Crippen molar-refractivity contribution in [1.29, 1.82) is 0 Å². The second-order valence-electron chi connectivity index (χ2n) is 5.79. The van der Waals surface area contributed by atoms with Crippen molar-refractivity contribution in [2.45, 2.75) is 44.4 Å². The number of morpholine rings is 1. The van der Waals surface area contributed by atoms with Gasteiger partial charge in [-0.3, -0.25) is 4.90 Å². The van der Waals surface area contributed by atoms with E-state index in [2.05, 4.69) is 17.0 Å².